The smallest absolute Gasteiger partial charge is 0.459 e. The van der Waals surface area contributed by atoms with Gasteiger partial charge in [0.15, 0.2) is 4.75 Å². The Hall–Kier alpha value is -1.53. The van der Waals surface area contributed by atoms with Crippen molar-refractivity contribution in [2.45, 2.75) is 115 Å². The minimum Gasteiger partial charge on any atom is -0.459 e. The lowest BCUT2D eigenvalue weighted by Gasteiger charge is -2.41. The Labute approximate surface area is 235 Å². The van der Waals surface area contributed by atoms with Gasteiger partial charge in [-0.3, -0.25) is 9.78 Å². The van der Waals surface area contributed by atoms with Gasteiger partial charge in [0.1, 0.15) is 5.60 Å². The van der Waals surface area contributed by atoms with Gasteiger partial charge in [0.2, 0.25) is 10.0 Å². The third kappa shape index (κ3) is 6.53. The van der Waals surface area contributed by atoms with E-state index in [9.17, 15) is 13.2 Å². The average Bonchev–Trinajstić information content (AvgIpc) is 3.11. The van der Waals surface area contributed by atoms with Gasteiger partial charge < -0.3 is 18.8 Å². The van der Waals surface area contributed by atoms with Crippen molar-refractivity contribution in [1.29, 1.82) is 0 Å². The van der Waals surface area contributed by atoms with Gasteiger partial charge in [-0.2, -0.15) is 0 Å². The summed E-state index contributed by atoms with van der Waals surface area (Å²) in [6, 6.07) is 3.96. The molecule has 3 aliphatic heterocycles. The summed E-state index contributed by atoms with van der Waals surface area (Å²) in [5, 5.41) is 0. The van der Waals surface area contributed by atoms with E-state index in [1.54, 1.807) is 27.0 Å². The Bertz CT molecular complexity index is 1070. The molecule has 1 aromatic rings. The number of piperidine rings is 1. The van der Waals surface area contributed by atoms with Crippen molar-refractivity contribution >= 4 is 28.6 Å². The molecule has 0 spiro atoms. The maximum absolute atomic E-state index is 13.9. The van der Waals surface area contributed by atoms with Crippen LogP contribution >= 0.6 is 0 Å². The quantitative estimate of drug-likeness (QED) is 0.392. The van der Waals surface area contributed by atoms with Crippen molar-refractivity contribution < 1.29 is 32.0 Å². The van der Waals surface area contributed by atoms with Crippen molar-refractivity contribution in [3.05, 3.63) is 24.0 Å². The van der Waals surface area contributed by atoms with Gasteiger partial charge in [-0.25, -0.2) is 12.7 Å². The number of nitrogens with zero attached hydrogens (tertiary/aromatic N) is 2. The van der Waals surface area contributed by atoms with E-state index in [4.69, 9.17) is 18.8 Å². The number of sulfonamides is 1. The number of aromatic nitrogens is 1. The normalized spacial score (nSPS) is 23.6. The van der Waals surface area contributed by atoms with Crippen molar-refractivity contribution in [2.24, 2.45) is 0 Å². The van der Waals surface area contributed by atoms with E-state index < -0.39 is 44.7 Å². The minimum atomic E-state index is -3.94. The second kappa shape index (κ2) is 11.8. The first-order valence-electron chi connectivity index (χ1n) is 14.2. The zero-order valence-corrected chi connectivity index (χ0v) is 26.0. The van der Waals surface area contributed by atoms with Crippen molar-refractivity contribution in [1.82, 2.24) is 9.29 Å². The van der Waals surface area contributed by atoms with Crippen LogP contribution in [0, 0.1) is 0 Å². The molecule has 3 saturated heterocycles. The van der Waals surface area contributed by atoms with E-state index in [2.05, 4.69) is 4.98 Å². The van der Waals surface area contributed by atoms with E-state index in [0.717, 1.165) is 11.2 Å². The highest BCUT2D eigenvalue weighted by Gasteiger charge is 2.56. The Morgan fingerprint density at radius 1 is 1.03 bits per heavy atom. The van der Waals surface area contributed by atoms with Crippen LogP contribution in [0.15, 0.2) is 18.3 Å². The number of rotatable bonds is 5. The van der Waals surface area contributed by atoms with Gasteiger partial charge in [-0.05, 0) is 67.4 Å². The van der Waals surface area contributed by atoms with Crippen LogP contribution in [0.5, 0.6) is 0 Å². The summed E-state index contributed by atoms with van der Waals surface area (Å²) >= 11 is 0. The van der Waals surface area contributed by atoms with E-state index in [1.807, 2.05) is 53.7 Å². The molecule has 4 rings (SSSR count). The lowest BCUT2D eigenvalue weighted by molar-refractivity contribution is -0.161. The van der Waals surface area contributed by atoms with Gasteiger partial charge >= 0.3 is 13.1 Å². The molecule has 0 amide bonds. The van der Waals surface area contributed by atoms with E-state index in [1.165, 1.54) is 4.31 Å². The van der Waals surface area contributed by atoms with Crippen LogP contribution in [0.1, 0.15) is 99.6 Å². The summed E-state index contributed by atoms with van der Waals surface area (Å²) in [5.74, 6) is -0.545. The van der Waals surface area contributed by atoms with Crippen molar-refractivity contribution in [2.75, 3.05) is 26.3 Å². The lowest BCUT2D eigenvalue weighted by atomic mass is 9.80. The van der Waals surface area contributed by atoms with E-state index >= 15 is 0 Å². The van der Waals surface area contributed by atoms with Gasteiger partial charge in [0, 0.05) is 62.4 Å². The molecule has 220 valence electrons. The second-order valence-corrected chi connectivity index (χ2v) is 14.6. The predicted molar refractivity (Wildman–Crippen MR) is 152 cm³/mol. The average molecular weight is 567 g/mol. The molecule has 4 heterocycles. The molecule has 0 radical (unpaired) electrons. The highest BCUT2D eigenvalue weighted by Crippen LogP contribution is 2.39. The molecule has 3 aliphatic rings. The number of carbonyl (C=O) groups excluding carboxylic acids is 1. The molecular weight excluding hydrogens is 519 g/mol. The SMILES string of the molecule is CC.CC(C)(C)OC(=O)C1(S(=O)(=O)N2CCC(c3ccc(B4OC(C)(C)C(C)(C)O4)cn3)CC2)CCOCC1. The van der Waals surface area contributed by atoms with Gasteiger partial charge in [-0.1, -0.05) is 19.9 Å². The molecule has 3 fully saturated rings. The number of carbonyl (C=O) groups is 1. The molecule has 0 aromatic carbocycles. The first kappa shape index (κ1) is 32.0. The van der Waals surface area contributed by atoms with Crippen molar-refractivity contribution in [3.8, 4) is 0 Å². The number of ether oxygens (including phenoxy) is 2. The van der Waals surface area contributed by atoms with E-state index in [-0.39, 0.29) is 32.0 Å². The molecule has 0 atom stereocenters. The summed E-state index contributed by atoms with van der Waals surface area (Å²) in [4.78, 5) is 17.9. The predicted octanol–water partition coefficient (Wildman–Crippen LogP) is 3.81. The van der Waals surface area contributed by atoms with Gasteiger partial charge in [-0.15, -0.1) is 0 Å². The zero-order valence-electron chi connectivity index (χ0n) is 25.2. The van der Waals surface area contributed by atoms with Gasteiger partial charge in [0.05, 0.1) is 11.2 Å². The minimum absolute atomic E-state index is 0.103. The monoisotopic (exact) mass is 566 g/mol. The van der Waals surface area contributed by atoms with Crippen molar-refractivity contribution in [3.63, 3.8) is 0 Å². The molecule has 0 aliphatic carbocycles. The summed E-state index contributed by atoms with van der Waals surface area (Å²) < 4.78 is 50.8. The maximum Gasteiger partial charge on any atom is 0.496 e. The van der Waals surface area contributed by atoms with Gasteiger partial charge in [0.25, 0.3) is 0 Å². The number of hydrogen-bond donors (Lipinski definition) is 0. The number of hydrogen-bond acceptors (Lipinski definition) is 8. The van der Waals surface area contributed by atoms with Crippen LogP contribution in [0.2, 0.25) is 0 Å². The molecule has 0 unspecified atom stereocenters. The molecule has 11 heteroatoms. The third-order valence-electron chi connectivity index (χ3n) is 8.11. The molecule has 0 N–H and O–H groups in total. The Kier molecular flexibility index (Phi) is 9.65. The molecule has 39 heavy (non-hydrogen) atoms. The van der Waals surface area contributed by atoms with Crippen LogP contribution in [0.3, 0.4) is 0 Å². The summed E-state index contributed by atoms with van der Waals surface area (Å²) in [5.41, 5.74) is 0.167. The largest absolute Gasteiger partial charge is 0.496 e. The fraction of sp³-hybridized carbons (Fsp3) is 0.786. The standard InChI is InChI=1S/C26H41BN2O7S.C2H6/c1-23(2,3)34-22(30)26(12-16-33-17-13-26)37(31,32)29-14-10-19(11-15-29)21-9-8-20(18-28-21)27-35-24(4,5)25(6,7)36-27;1-2/h8-9,18-19H,10-17H2,1-7H3;1-2H3. The van der Waals surface area contributed by atoms with Crippen LogP contribution in [-0.4, -0.2) is 78.6 Å². The van der Waals surface area contributed by atoms with E-state index in [0.29, 0.717) is 25.9 Å². The lowest BCUT2D eigenvalue weighted by Crippen LogP contribution is -2.58. The van der Waals surface area contributed by atoms with Crippen LogP contribution in [0.4, 0.5) is 0 Å². The Morgan fingerprint density at radius 2 is 1.56 bits per heavy atom. The second-order valence-electron chi connectivity index (χ2n) is 12.4. The molecular formula is C28H47BN2O7S. The summed E-state index contributed by atoms with van der Waals surface area (Å²) in [7, 11) is -4.41. The first-order valence-corrected chi connectivity index (χ1v) is 15.6. The third-order valence-corrected chi connectivity index (χ3v) is 10.7. The number of pyridine rings is 1. The number of esters is 1. The van der Waals surface area contributed by atoms with Crippen LogP contribution in [-0.2, 0) is 33.6 Å². The Morgan fingerprint density at radius 3 is 2.03 bits per heavy atom. The Balaban J connectivity index is 0.00000205. The zero-order chi connectivity index (χ0) is 29.3. The van der Waals surface area contributed by atoms with Crippen LogP contribution < -0.4 is 5.46 Å². The summed E-state index contributed by atoms with van der Waals surface area (Å²) in [6.07, 6.45) is 3.25. The topological polar surface area (TPSA) is 104 Å². The highest BCUT2D eigenvalue weighted by atomic mass is 32.2. The molecule has 1 aromatic heterocycles. The van der Waals surface area contributed by atoms with Crippen LogP contribution in [0.25, 0.3) is 0 Å². The maximum atomic E-state index is 13.9. The molecule has 0 saturated carbocycles. The summed E-state index contributed by atoms with van der Waals surface area (Å²) in [6.45, 7) is 18.4. The first-order chi connectivity index (χ1) is 18.1. The molecule has 9 nitrogen and oxygen atoms in total. The molecule has 0 bridgehead atoms. The highest BCUT2D eigenvalue weighted by molar-refractivity contribution is 7.91. The fourth-order valence-corrected chi connectivity index (χ4v) is 7.18. The fourth-order valence-electron chi connectivity index (χ4n) is 5.06.